The van der Waals surface area contributed by atoms with Crippen LogP contribution in [0.2, 0.25) is 5.02 Å². The first-order valence-electron chi connectivity index (χ1n) is 9.59. The first kappa shape index (κ1) is 21.5. The molecule has 1 aromatic heterocycles. The van der Waals surface area contributed by atoms with Gasteiger partial charge in [-0.05, 0) is 50.6 Å². The molecule has 1 unspecified atom stereocenters. The number of nitrogens with zero attached hydrogens (tertiary/aromatic N) is 4. The van der Waals surface area contributed by atoms with Crippen LogP contribution in [0.3, 0.4) is 0 Å². The van der Waals surface area contributed by atoms with Crippen LogP contribution in [-0.2, 0) is 10.1 Å². The molecule has 2 heterocycles. The second-order valence-corrected chi connectivity index (χ2v) is 9.66. The quantitative estimate of drug-likeness (QED) is 0.580. The van der Waals surface area contributed by atoms with Crippen molar-refractivity contribution in [3.05, 3.63) is 70.3 Å². The fraction of sp³-hybridized carbons (Fsp3) is 0.286. The van der Waals surface area contributed by atoms with Crippen LogP contribution in [0.15, 0.2) is 47.5 Å². The smallest absolute Gasteiger partial charge is 0.267 e. The zero-order valence-electron chi connectivity index (χ0n) is 17.2. The molecule has 0 spiro atoms. The van der Waals surface area contributed by atoms with E-state index in [1.54, 1.807) is 19.2 Å². The predicted molar refractivity (Wildman–Crippen MR) is 118 cm³/mol. The second-order valence-electron chi connectivity index (χ2n) is 7.39. The molecule has 0 saturated carbocycles. The molecule has 0 saturated heterocycles. The van der Waals surface area contributed by atoms with E-state index in [0.29, 0.717) is 28.1 Å². The number of aromatic nitrogens is 3. The van der Waals surface area contributed by atoms with Crippen LogP contribution < -0.4 is 4.74 Å². The summed E-state index contributed by atoms with van der Waals surface area (Å²) in [7, 11) is -2.65. The Hall–Kier alpha value is -2.75. The summed E-state index contributed by atoms with van der Waals surface area (Å²) in [4.78, 5) is 4.92. The highest BCUT2D eigenvalue weighted by atomic mass is 35.5. The molecule has 0 fully saturated rings. The lowest BCUT2D eigenvalue weighted by molar-refractivity contribution is 0.414. The molecule has 0 bridgehead atoms. The van der Waals surface area contributed by atoms with E-state index in [0.717, 1.165) is 16.8 Å². The Bertz CT molecular complexity index is 1270. The standard InChI is InChI=1S/C21H21ClN4O4S/c1-12(31(27,28)29)10-18-21-25-24-13(2)26(21)19-9-8-16(30-3)11-17(19)20(23-18)14-4-6-15(22)7-5-14/h4-9,11-12,18H,10H2,1-3H3,(H,27,28,29)/t12-,18?/m1/s1. The van der Waals surface area contributed by atoms with Gasteiger partial charge in [-0.15, -0.1) is 10.2 Å². The Morgan fingerprint density at radius 3 is 2.55 bits per heavy atom. The van der Waals surface area contributed by atoms with Gasteiger partial charge in [-0.3, -0.25) is 14.1 Å². The Morgan fingerprint density at radius 2 is 1.90 bits per heavy atom. The highest BCUT2D eigenvalue weighted by molar-refractivity contribution is 7.86. The molecule has 4 rings (SSSR count). The molecule has 0 radical (unpaired) electrons. The van der Waals surface area contributed by atoms with Crippen molar-refractivity contribution in [2.45, 2.75) is 31.6 Å². The summed E-state index contributed by atoms with van der Waals surface area (Å²) in [5.74, 6) is 1.79. The van der Waals surface area contributed by atoms with Gasteiger partial charge in [0.1, 0.15) is 17.6 Å². The third kappa shape index (κ3) is 4.08. The first-order valence-corrected chi connectivity index (χ1v) is 11.5. The summed E-state index contributed by atoms with van der Waals surface area (Å²) in [6, 6.07) is 12.2. The molecule has 2 atom stereocenters. The predicted octanol–water partition coefficient (Wildman–Crippen LogP) is 3.80. The van der Waals surface area contributed by atoms with Gasteiger partial charge < -0.3 is 4.74 Å². The van der Waals surface area contributed by atoms with Crippen LogP contribution in [-0.4, -0.2) is 45.8 Å². The monoisotopic (exact) mass is 460 g/mol. The lowest BCUT2D eigenvalue weighted by Crippen LogP contribution is -2.20. The van der Waals surface area contributed by atoms with Gasteiger partial charge in [0, 0.05) is 16.1 Å². The molecule has 0 aliphatic carbocycles. The van der Waals surface area contributed by atoms with Crippen LogP contribution in [0, 0.1) is 6.92 Å². The van der Waals surface area contributed by atoms with Gasteiger partial charge in [0.2, 0.25) is 0 Å². The average Bonchev–Trinajstić information content (AvgIpc) is 3.05. The molecular formula is C21H21ClN4O4S. The van der Waals surface area contributed by atoms with Crippen molar-refractivity contribution in [2.24, 2.45) is 4.99 Å². The minimum absolute atomic E-state index is 0.0409. The fourth-order valence-corrected chi connectivity index (χ4v) is 4.19. The van der Waals surface area contributed by atoms with E-state index in [4.69, 9.17) is 21.3 Å². The number of hydrogen-bond acceptors (Lipinski definition) is 6. The number of rotatable bonds is 5. The van der Waals surface area contributed by atoms with Gasteiger partial charge in [0.05, 0.1) is 23.8 Å². The van der Waals surface area contributed by atoms with Crippen molar-refractivity contribution in [3.8, 4) is 11.4 Å². The molecule has 0 amide bonds. The zero-order chi connectivity index (χ0) is 22.3. The molecule has 2 aromatic carbocycles. The molecule has 31 heavy (non-hydrogen) atoms. The van der Waals surface area contributed by atoms with Gasteiger partial charge in [0.25, 0.3) is 10.1 Å². The fourth-order valence-electron chi connectivity index (χ4n) is 3.63. The van der Waals surface area contributed by atoms with E-state index in [1.807, 2.05) is 41.8 Å². The SMILES string of the molecule is COc1ccc2c(c1)C(c1ccc(Cl)cc1)=NC(C[C@@H](C)S(=O)(=O)O)c1nnc(C)n1-2. The number of aryl methyl sites for hydroxylation is 1. The van der Waals surface area contributed by atoms with Gasteiger partial charge in [-0.25, -0.2) is 0 Å². The van der Waals surface area contributed by atoms with E-state index >= 15 is 0 Å². The lowest BCUT2D eigenvalue weighted by atomic mass is 10.00. The van der Waals surface area contributed by atoms with E-state index in [-0.39, 0.29) is 6.42 Å². The molecule has 1 aliphatic heterocycles. The Labute approximate surface area is 185 Å². The highest BCUT2D eigenvalue weighted by Crippen LogP contribution is 2.35. The van der Waals surface area contributed by atoms with E-state index < -0.39 is 21.4 Å². The maximum absolute atomic E-state index is 11.7. The average molecular weight is 461 g/mol. The maximum Gasteiger partial charge on any atom is 0.267 e. The molecule has 1 N–H and O–H groups in total. The largest absolute Gasteiger partial charge is 0.497 e. The van der Waals surface area contributed by atoms with Crippen LogP contribution >= 0.6 is 11.6 Å². The Balaban J connectivity index is 1.98. The minimum atomic E-state index is -4.24. The van der Waals surface area contributed by atoms with E-state index in [2.05, 4.69) is 10.2 Å². The topological polar surface area (TPSA) is 107 Å². The van der Waals surface area contributed by atoms with Crippen molar-refractivity contribution in [2.75, 3.05) is 7.11 Å². The third-order valence-corrected chi connectivity index (χ3v) is 6.78. The highest BCUT2D eigenvalue weighted by Gasteiger charge is 2.32. The normalized spacial score (nSPS) is 16.7. The summed E-state index contributed by atoms with van der Waals surface area (Å²) >= 11 is 6.08. The zero-order valence-corrected chi connectivity index (χ0v) is 18.7. The van der Waals surface area contributed by atoms with E-state index in [1.165, 1.54) is 6.92 Å². The molecule has 3 aromatic rings. The van der Waals surface area contributed by atoms with Crippen LogP contribution in [0.4, 0.5) is 0 Å². The molecule has 1 aliphatic rings. The van der Waals surface area contributed by atoms with Gasteiger partial charge in [-0.2, -0.15) is 8.42 Å². The summed E-state index contributed by atoms with van der Waals surface area (Å²) in [5, 5.41) is 8.04. The van der Waals surface area contributed by atoms with Gasteiger partial charge in [0.15, 0.2) is 5.82 Å². The number of aliphatic imine (C=N–C) groups is 1. The first-order chi connectivity index (χ1) is 14.7. The van der Waals surface area contributed by atoms with E-state index in [9.17, 15) is 13.0 Å². The number of benzene rings is 2. The van der Waals surface area contributed by atoms with Crippen molar-refractivity contribution in [3.63, 3.8) is 0 Å². The number of halogens is 1. The van der Waals surface area contributed by atoms with Crippen molar-refractivity contribution in [1.29, 1.82) is 0 Å². The summed E-state index contributed by atoms with van der Waals surface area (Å²) in [6.07, 6.45) is 0.0409. The Kier molecular flexibility index (Phi) is 5.59. The number of hydrogen-bond donors (Lipinski definition) is 1. The van der Waals surface area contributed by atoms with Gasteiger partial charge in [-0.1, -0.05) is 23.7 Å². The number of fused-ring (bicyclic) bond motifs is 3. The lowest BCUT2D eigenvalue weighted by Gasteiger charge is -2.15. The summed E-state index contributed by atoms with van der Waals surface area (Å²) < 4.78 is 40.3. The molecular weight excluding hydrogens is 440 g/mol. The molecule has 162 valence electrons. The van der Waals surface area contributed by atoms with Crippen LogP contribution in [0.1, 0.15) is 42.2 Å². The Morgan fingerprint density at radius 1 is 1.19 bits per heavy atom. The minimum Gasteiger partial charge on any atom is -0.497 e. The number of ether oxygens (including phenoxy) is 1. The van der Waals surface area contributed by atoms with Crippen molar-refractivity contribution >= 4 is 27.4 Å². The van der Waals surface area contributed by atoms with Crippen LogP contribution in [0.25, 0.3) is 5.69 Å². The van der Waals surface area contributed by atoms with Crippen molar-refractivity contribution in [1.82, 2.24) is 14.8 Å². The summed E-state index contributed by atoms with van der Waals surface area (Å²) in [5.41, 5.74) is 3.03. The van der Waals surface area contributed by atoms with Crippen molar-refractivity contribution < 1.29 is 17.7 Å². The third-order valence-electron chi connectivity index (χ3n) is 5.31. The number of methoxy groups -OCH3 is 1. The molecule has 8 nitrogen and oxygen atoms in total. The second kappa shape index (κ2) is 8.07. The maximum atomic E-state index is 11.7. The molecule has 10 heteroatoms. The summed E-state index contributed by atoms with van der Waals surface area (Å²) in [6.45, 7) is 3.27. The van der Waals surface area contributed by atoms with Gasteiger partial charge >= 0.3 is 0 Å². The van der Waals surface area contributed by atoms with Crippen LogP contribution in [0.5, 0.6) is 5.75 Å².